The topological polar surface area (TPSA) is 39.1 Å². The number of hydrogen-bond donors (Lipinski definition) is 1. The first-order valence-electron chi connectivity index (χ1n) is 6.24. The molecule has 0 spiro atoms. The first-order valence-corrected chi connectivity index (χ1v) is 7.00. The molecule has 0 aliphatic rings. The minimum Gasteiger partial charge on any atom is -0.493 e. The van der Waals surface area contributed by atoms with E-state index in [4.69, 9.17) is 27.9 Å². The highest BCUT2D eigenvalue weighted by molar-refractivity contribution is 6.36. The number of aromatic nitrogens is 2. The van der Waals surface area contributed by atoms with Gasteiger partial charge in [-0.2, -0.15) is 5.10 Å². The van der Waals surface area contributed by atoms with E-state index in [-0.39, 0.29) is 6.04 Å². The van der Waals surface area contributed by atoms with Crippen LogP contribution in [0.5, 0.6) is 5.75 Å². The van der Waals surface area contributed by atoms with E-state index in [0.717, 1.165) is 17.0 Å². The number of aryl methyl sites for hydroxylation is 1. The molecule has 1 unspecified atom stereocenters. The number of likely N-dealkylation sites (N-methyl/N-ethyl adjacent to an activating group) is 1. The fraction of sp³-hybridized carbons (Fsp3) is 0.357. The summed E-state index contributed by atoms with van der Waals surface area (Å²) in [7, 11) is 5.41. The Hall–Kier alpha value is -1.23. The third kappa shape index (κ3) is 2.92. The molecule has 0 aliphatic carbocycles. The molecule has 1 aromatic carbocycles. The summed E-state index contributed by atoms with van der Waals surface area (Å²) in [6.45, 7) is 0. The molecular formula is C14H17Cl2N3O. The van der Waals surface area contributed by atoms with Crippen LogP contribution in [0.3, 0.4) is 0 Å². The van der Waals surface area contributed by atoms with Crippen LogP contribution in [0, 0.1) is 0 Å². The van der Waals surface area contributed by atoms with Crippen molar-refractivity contribution in [2.75, 3.05) is 14.2 Å². The van der Waals surface area contributed by atoms with Crippen LogP contribution in [0.4, 0.5) is 0 Å². The van der Waals surface area contributed by atoms with Gasteiger partial charge < -0.3 is 10.1 Å². The highest BCUT2D eigenvalue weighted by Crippen LogP contribution is 2.32. The van der Waals surface area contributed by atoms with Crippen LogP contribution in [0.1, 0.15) is 17.3 Å². The number of halogens is 2. The highest BCUT2D eigenvalue weighted by Gasteiger charge is 2.21. The summed E-state index contributed by atoms with van der Waals surface area (Å²) in [5.41, 5.74) is 1.88. The van der Waals surface area contributed by atoms with Crippen LogP contribution in [0.15, 0.2) is 24.4 Å². The second kappa shape index (κ2) is 6.48. The van der Waals surface area contributed by atoms with Crippen LogP contribution in [0.25, 0.3) is 0 Å². The second-order valence-electron chi connectivity index (χ2n) is 4.47. The molecule has 2 rings (SSSR count). The molecule has 2 aromatic rings. The lowest BCUT2D eigenvalue weighted by molar-refractivity contribution is 0.397. The SMILES string of the molecule is CNC(Cc1c(Cl)cccc1Cl)c1c(OC)cnn1C. The molecule has 1 heterocycles. The Bertz CT molecular complexity index is 578. The minimum absolute atomic E-state index is 0.00912. The van der Waals surface area contributed by atoms with E-state index in [1.54, 1.807) is 18.0 Å². The lowest BCUT2D eigenvalue weighted by Gasteiger charge is -2.19. The van der Waals surface area contributed by atoms with Gasteiger partial charge >= 0.3 is 0 Å². The summed E-state index contributed by atoms with van der Waals surface area (Å²) >= 11 is 12.5. The van der Waals surface area contributed by atoms with Gasteiger partial charge in [0.1, 0.15) is 0 Å². The smallest absolute Gasteiger partial charge is 0.161 e. The maximum Gasteiger partial charge on any atom is 0.161 e. The fourth-order valence-corrected chi connectivity index (χ4v) is 2.80. The van der Waals surface area contributed by atoms with Crippen LogP contribution >= 0.6 is 23.2 Å². The number of benzene rings is 1. The first kappa shape index (κ1) is 15.2. The summed E-state index contributed by atoms with van der Waals surface area (Å²) in [6.07, 6.45) is 2.36. The Morgan fingerprint density at radius 2 is 2.00 bits per heavy atom. The molecule has 0 saturated heterocycles. The molecule has 1 aromatic heterocycles. The van der Waals surface area contributed by atoms with Crippen molar-refractivity contribution in [1.82, 2.24) is 15.1 Å². The molecule has 0 saturated carbocycles. The van der Waals surface area contributed by atoms with Gasteiger partial charge in [-0.15, -0.1) is 0 Å². The van der Waals surface area contributed by atoms with Crippen molar-refractivity contribution in [2.45, 2.75) is 12.5 Å². The Balaban J connectivity index is 2.36. The second-order valence-corrected chi connectivity index (χ2v) is 5.28. The van der Waals surface area contributed by atoms with Gasteiger partial charge in [-0.1, -0.05) is 29.3 Å². The van der Waals surface area contributed by atoms with E-state index in [1.165, 1.54) is 0 Å². The molecule has 0 radical (unpaired) electrons. The van der Waals surface area contributed by atoms with Gasteiger partial charge in [-0.05, 0) is 31.2 Å². The Kier molecular flexibility index (Phi) is 4.91. The maximum atomic E-state index is 6.24. The number of nitrogens with one attached hydrogen (secondary N) is 1. The van der Waals surface area contributed by atoms with Crippen LogP contribution in [-0.2, 0) is 13.5 Å². The molecule has 1 atom stereocenters. The molecule has 0 bridgehead atoms. The molecule has 0 amide bonds. The van der Waals surface area contributed by atoms with Gasteiger partial charge in [-0.25, -0.2) is 0 Å². The molecule has 20 heavy (non-hydrogen) atoms. The van der Waals surface area contributed by atoms with Gasteiger partial charge in [-0.3, -0.25) is 4.68 Å². The van der Waals surface area contributed by atoms with Gasteiger partial charge in [0, 0.05) is 17.1 Å². The number of methoxy groups -OCH3 is 1. The van der Waals surface area contributed by atoms with E-state index in [2.05, 4.69) is 10.4 Å². The zero-order chi connectivity index (χ0) is 14.7. The molecule has 108 valence electrons. The summed E-state index contributed by atoms with van der Waals surface area (Å²) in [5, 5.41) is 8.82. The van der Waals surface area contributed by atoms with Crippen LogP contribution < -0.4 is 10.1 Å². The first-order chi connectivity index (χ1) is 9.58. The summed E-state index contributed by atoms with van der Waals surface area (Å²) in [6, 6.07) is 5.54. The zero-order valence-electron chi connectivity index (χ0n) is 11.7. The summed E-state index contributed by atoms with van der Waals surface area (Å²) in [5.74, 6) is 0.745. The molecule has 4 nitrogen and oxygen atoms in total. The maximum absolute atomic E-state index is 6.24. The van der Waals surface area contributed by atoms with E-state index >= 15 is 0 Å². The fourth-order valence-electron chi connectivity index (χ4n) is 2.25. The molecule has 1 N–H and O–H groups in total. The van der Waals surface area contributed by atoms with Crippen molar-refractivity contribution in [3.05, 3.63) is 45.7 Å². The van der Waals surface area contributed by atoms with Gasteiger partial charge in [0.15, 0.2) is 5.75 Å². The number of hydrogen-bond acceptors (Lipinski definition) is 3. The monoisotopic (exact) mass is 313 g/mol. The molecule has 0 fully saturated rings. The van der Waals surface area contributed by atoms with Crippen molar-refractivity contribution in [3.63, 3.8) is 0 Å². The van der Waals surface area contributed by atoms with E-state index in [1.807, 2.05) is 32.3 Å². The Labute approximate surface area is 128 Å². The lowest BCUT2D eigenvalue weighted by atomic mass is 10.0. The minimum atomic E-state index is 0.00912. The summed E-state index contributed by atoms with van der Waals surface area (Å²) in [4.78, 5) is 0. The van der Waals surface area contributed by atoms with Gasteiger partial charge in [0.25, 0.3) is 0 Å². The van der Waals surface area contributed by atoms with Crippen molar-refractivity contribution in [1.29, 1.82) is 0 Å². The average Bonchev–Trinajstić information content (AvgIpc) is 2.80. The largest absolute Gasteiger partial charge is 0.493 e. The molecule has 0 aliphatic heterocycles. The standard InChI is InChI=1S/C14H17Cl2N3O/c1-17-12(14-13(20-3)8-18-19(14)2)7-9-10(15)5-4-6-11(9)16/h4-6,8,12,17H,7H2,1-3H3. The van der Waals surface area contributed by atoms with Crippen LogP contribution in [-0.4, -0.2) is 23.9 Å². The van der Waals surface area contributed by atoms with Gasteiger partial charge in [0.05, 0.1) is 25.0 Å². The number of rotatable bonds is 5. The van der Waals surface area contributed by atoms with Crippen molar-refractivity contribution in [3.8, 4) is 5.75 Å². The van der Waals surface area contributed by atoms with Crippen molar-refractivity contribution < 1.29 is 4.74 Å². The third-order valence-electron chi connectivity index (χ3n) is 3.32. The van der Waals surface area contributed by atoms with Gasteiger partial charge in [0.2, 0.25) is 0 Å². The zero-order valence-corrected chi connectivity index (χ0v) is 13.2. The number of ether oxygens (including phenoxy) is 1. The van der Waals surface area contributed by atoms with E-state index in [9.17, 15) is 0 Å². The van der Waals surface area contributed by atoms with E-state index < -0.39 is 0 Å². The molecular weight excluding hydrogens is 297 g/mol. The van der Waals surface area contributed by atoms with E-state index in [0.29, 0.717) is 16.5 Å². The normalized spacial score (nSPS) is 12.4. The summed E-state index contributed by atoms with van der Waals surface area (Å²) < 4.78 is 7.15. The highest BCUT2D eigenvalue weighted by atomic mass is 35.5. The lowest BCUT2D eigenvalue weighted by Crippen LogP contribution is -2.22. The van der Waals surface area contributed by atoms with Crippen molar-refractivity contribution in [2.24, 2.45) is 7.05 Å². The third-order valence-corrected chi connectivity index (χ3v) is 4.03. The predicted octanol–water partition coefficient (Wildman–Crippen LogP) is 3.24. The van der Waals surface area contributed by atoms with Crippen molar-refractivity contribution >= 4 is 23.2 Å². The Morgan fingerprint density at radius 1 is 1.35 bits per heavy atom. The average molecular weight is 314 g/mol. The quantitative estimate of drug-likeness (QED) is 0.921. The predicted molar refractivity (Wildman–Crippen MR) is 81.7 cm³/mol. The van der Waals surface area contributed by atoms with Crippen LogP contribution in [0.2, 0.25) is 10.0 Å². The molecule has 6 heteroatoms. The Morgan fingerprint density at radius 3 is 2.55 bits per heavy atom. The number of nitrogens with zero attached hydrogens (tertiary/aromatic N) is 2.